The van der Waals surface area contributed by atoms with E-state index in [1.54, 1.807) is 33.1 Å². The fourth-order valence-corrected chi connectivity index (χ4v) is 1.91. The second-order valence-corrected chi connectivity index (χ2v) is 6.20. The Labute approximate surface area is 134 Å². The molecule has 2 aromatic rings. The number of aryl methyl sites for hydroxylation is 1. The molecule has 0 bridgehead atoms. The van der Waals surface area contributed by atoms with Crippen LogP contribution in [0.5, 0.6) is 0 Å². The number of hydrogen-bond donors (Lipinski definition) is 2. The Hall–Kier alpha value is -2.50. The van der Waals surface area contributed by atoms with E-state index in [1.807, 2.05) is 13.0 Å². The number of furan rings is 1. The van der Waals surface area contributed by atoms with Crippen molar-refractivity contribution in [3.05, 3.63) is 47.7 Å². The van der Waals surface area contributed by atoms with Crippen LogP contribution >= 0.6 is 0 Å². The third kappa shape index (κ3) is 5.02. The Morgan fingerprint density at radius 3 is 2.65 bits per heavy atom. The molecule has 1 amide bonds. The number of rotatable bonds is 4. The normalized spacial score (nSPS) is 11.2. The summed E-state index contributed by atoms with van der Waals surface area (Å²) in [5.41, 5.74) is 1.10. The zero-order valence-electron chi connectivity index (χ0n) is 13.7. The average Bonchev–Trinajstić information content (AvgIpc) is 2.83. The summed E-state index contributed by atoms with van der Waals surface area (Å²) >= 11 is 0. The summed E-state index contributed by atoms with van der Waals surface area (Å²) in [5, 5.41) is 5.54. The summed E-state index contributed by atoms with van der Waals surface area (Å²) in [6, 6.07) is 6.26. The maximum absolute atomic E-state index is 13.8. The molecule has 2 rings (SSSR count). The lowest BCUT2D eigenvalue weighted by Crippen LogP contribution is -2.27. The fourth-order valence-electron chi connectivity index (χ4n) is 1.91. The molecule has 5 nitrogen and oxygen atoms in total. The molecule has 0 unspecified atom stereocenters. The Morgan fingerprint density at radius 2 is 2.04 bits per heavy atom. The predicted molar refractivity (Wildman–Crippen MR) is 87.0 cm³/mol. The highest BCUT2D eigenvalue weighted by atomic mass is 19.1. The van der Waals surface area contributed by atoms with Gasteiger partial charge in [-0.3, -0.25) is 5.32 Å². The van der Waals surface area contributed by atoms with Crippen molar-refractivity contribution in [1.29, 1.82) is 0 Å². The topological polar surface area (TPSA) is 63.5 Å². The predicted octanol–water partition coefficient (Wildman–Crippen LogP) is 4.69. The Bertz CT molecular complexity index is 689. The van der Waals surface area contributed by atoms with Crippen LogP contribution in [0.2, 0.25) is 0 Å². The summed E-state index contributed by atoms with van der Waals surface area (Å²) < 4.78 is 24.3. The molecule has 0 saturated carbocycles. The number of benzene rings is 1. The maximum atomic E-state index is 13.8. The molecule has 2 N–H and O–H groups in total. The van der Waals surface area contributed by atoms with Gasteiger partial charge in [0.1, 0.15) is 17.2 Å². The quantitative estimate of drug-likeness (QED) is 0.858. The summed E-state index contributed by atoms with van der Waals surface area (Å²) in [6.45, 7) is 7.64. The molecule has 23 heavy (non-hydrogen) atoms. The third-order valence-corrected chi connectivity index (χ3v) is 3.02. The van der Waals surface area contributed by atoms with Crippen LogP contribution in [0.15, 0.2) is 34.9 Å². The fraction of sp³-hybridized carbons (Fsp3) is 0.353. The van der Waals surface area contributed by atoms with Crippen molar-refractivity contribution in [3.8, 4) is 0 Å². The average molecular weight is 320 g/mol. The lowest BCUT2D eigenvalue weighted by Gasteiger charge is -2.20. The Morgan fingerprint density at radius 1 is 1.30 bits per heavy atom. The second kappa shape index (κ2) is 6.73. The number of anilines is 2. The molecule has 0 aliphatic heterocycles. The van der Waals surface area contributed by atoms with Crippen LogP contribution in [0.4, 0.5) is 20.6 Å². The van der Waals surface area contributed by atoms with E-state index < -0.39 is 17.5 Å². The van der Waals surface area contributed by atoms with E-state index in [1.165, 1.54) is 12.1 Å². The van der Waals surface area contributed by atoms with Gasteiger partial charge in [0.2, 0.25) is 0 Å². The van der Waals surface area contributed by atoms with Gasteiger partial charge in [-0.1, -0.05) is 0 Å². The summed E-state index contributed by atoms with van der Waals surface area (Å²) in [4.78, 5) is 11.7. The summed E-state index contributed by atoms with van der Waals surface area (Å²) in [5.74, 6) is 0.270. The first-order valence-electron chi connectivity index (χ1n) is 7.31. The van der Waals surface area contributed by atoms with Gasteiger partial charge < -0.3 is 14.5 Å². The first-order valence-corrected chi connectivity index (χ1v) is 7.31. The van der Waals surface area contributed by atoms with Crippen LogP contribution in [0.3, 0.4) is 0 Å². The molecular formula is C17H21FN2O3. The molecule has 1 aromatic heterocycles. The van der Waals surface area contributed by atoms with Crippen LogP contribution in [0.25, 0.3) is 0 Å². The van der Waals surface area contributed by atoms with Crippen molar-refractivity contribution < 1.29 is 18.3 Å². The van der Waals surface area contributed by atoms with E-state index in [2.05, 4.69) is 10.6 Å². The van der Waals surface area contributed by atoms with E-state index in [4.69, 9.17) is 9.15 Å². The van der Waals surface area contributed by atoms with Gasteiger partial charge in [0, 0.05) is 5.69 Å². The van der Waals surface area contributed by atoms with E-state index in [0.717, 1.165) is 11.3 Å². The minimum atomic E-state index is -0.699. The van der Waals surface area contributed by atoms with Gasteiger partial charge >= 0.3 is 6.09 Å². The van der Waals surface area contributed by atoms with Gasteiger partial charge in [-0.25, -0.2) is 9.18 Å². The molecule has 1 heterocycles. The molecule has 0 aliphatic carbocycles. The molecule has 0 fully saturated rings. The molecule has 0 atom stereocenters. The van der Waals surface area contributed by atoms with Gasteiger partial charge in [0.05, 0.1) is 18.5 Å². The van der Waals surface area contributed by atoms with Gasteiger partial charge in [-0.2, -0.15) is 0 Å². The molecular weight excluding hydrogens is 299 g/mol. The molecule has 0 radical (unpaired) electrons. The Kier molecular flexibility index (Phi) is 4.93. The molecule has 1 aromatic carbocycles. The first kappa shape index (κ1) is 16.9. The van der Waals surface area contributed by atoms with Gasteiger partial charge in [0.25, 0.3) is 0 Å². The SMILES string of the molecule is Cc1ccoc1CNc1ccc(F)c(NC(=O)OC(C)(C)C)c1. The van der Waals surface area contributed by atoms with Crippen molar-refractivity contribution in [2.45, 2.75) is 39.8 Å². The third-order valence-electron chi connectivity index (χ3n) is 3.02. The van der Waals surface area contributed by atoms with E-state index in [9.17, 15) is 9.18 Å². The van der Waals surface area contributed by atoms with E-state index in [0.29, 0.717) is 12.2 Å². The van der Waals surface area contributed by atoms with Crippen LogP contribution < -0.4 is 10.6 Å². The minimum absolute atomic E-state index is 0.0559. The second-order valence-electron chi connectivity index (χ2n) is 6.20. The van der Waals surface area contributed by atoms with Crippen LogP contribution in [-0.2, 0) is 11.3 Å². The Balaban J connectivity index is 2.03. The molecule has 0 spiro atoms. The van der Waals surface area contributed by atoms with Crippen molar-refractivity contribution in [3.63, 3.8) is 0 Å². The standard InChI is InChI=1S/C17H21FN2O3/c1-11-7-8-22-15(11)10-19-12-5-6-13(18)14(9-12)20-16(21)23-17(2,3)4/h5-9,19H,10H2,1-4H3,(H,20,21). The molecule has 0 aliphatic rings. The van der Waals surface area contributed by atoms with E-state index >= 15 is 0 Å². The number of halogens is 1. The number of nitrogens with one attached hydrogen (secondary N) is 2. The van der Waals surface area contributed by atoms with Gasteiger partial charge in [-0.05, 0) is 57.5 Å². The minimum Gasteiger partial charge on any atom is -0.467 e. The lowest BCUT2D eigenvalue weighted by atomic mass is 10.2. The number of amides is 1. The lowest BCUT2D eigenvalue weighted by molar-refractivity contribution is 0.0635. The van der Waals surface area contributed by atoms with Crippen molar-refractivity contribution in [2.75, 3.05) is 10.6 Å². The van der Waals surface area contributed by atoms with Crippen LogP contribution in [0.1, 0.15) is 32.1 Å². The number of hydrogen-bond acceptors (Lipinski definition) is 4. The highest BCUT2D eigenvalue weighted by molar-refractivity contribution is 5.85. The van der Waals surface area contributed by atoms with Crippen molar-refractivity contribution in [2.24, 2.45) is 0 Å². The van der Waals surface area contributed by atoms with Crippen LogP contribution in [-0.4, -0.2) is 11.7 Å². The zero-order valence-corrected chi connectivity index (χ0v) is 13.7. The summed E-state index contributed by atoms with van der Waals surface area (Å²) in [7, 11) is 0. The zero-order chi connectivity index (χ0) is 17.0. The van der Waals surface area contributed by atoms with Gasteiger partial charge in [-0.15, -0.1) is 0 Å². The largest absolute Gasteiger partial charge is 0.467 e. The number of carbonyl (C=O) groups excluding carboxylic acids is 1. The first-order chi connectivity index (χ1) is 10.7. The maximum Gasteiger partial charge on any atom is 0.412 e. The molecule has 124 valence electrons. The smallest absolute Gasteiger partial charge is 0.412 e. The van der Waals surface area contributed by atoms with E-state index in [-0.39, 0.29) is 5.69 Å². The number of carbonyl (C=O) groups is 1. The van der Waals surface area contributed by atoms with Crippen molar-refractivity contribution >= 4 is 17.5 Å². The van der Waals surface area contributed by atoms with Gasteiger partial charge in [0.15, 0.2) is 0 Å². The molecule has 0 saturated heterocycles. The van der Waals surface area contributed by atoms with Crippen LogP contribution in [0, 0.1) is 12.7 Å². The number of ether oxygens (including phenoxy) is 1. The highest BCUT2D eigenvalue weighted by Gasteiger charge is 2.17. The molecule has 6 heteroatoms. The highest BCUT2D eigenvalue weighted by Crippen LogP contribution is 2.22. The monoisotopic (exact) mass is 320 g/mol. The summed E-state index contributed by atoms with van der Waals surface area (Å²) in [6.07, 6.45) is 0.919. The van der Waals surface area contributed by atoms with Crippen molar-refractivity contribution in [1.82, 2.24) is 0 Å².